The molecule has 0 aromatic heterocycles. The molecule has 4 heteroatoms. The van der Waals surface area contributed by atoms with E-state index in [0.29, 0.717) is 26.4 Å². The van der Waals surface area contributed by atoms with Crippen molar-refractivity contribution in [3.8, 4) is 0 Å². The second-order valence-corrected chi connectivity index (χ2v) is 4.60. The fourth-order valence-electron chi connectivity index (χ4n) is 1.24. The molecule has 0 unspecified atom stereocenters. The third kappa shape index (κ3) is 14.6. The number of hydrogen-bond acceptors (Lipinski definition) is 3. The molecule has 0 N–H and O–H groups in total. The lowest BCUT2D eigenvalue weighted by atomic mass is 10.2. The fraction of sp³-hybridized carbons (Fsp3) is 1.00. The lowest BCUT2D eigenvalue weighted by molar-refractivity contribution is 0.0162. The van der Waals surface area contributed by atoms with Crippen LogP contribution in [0.2, 0.25) is 0 Å². The van der Waals surface area contributed by atoms with Crippen LogP contribution in [0.25, 0.3) is 0 Å². The van der Waals surface area contributed by atoms with E-state index >= 15 is 0 Å². The molecule has 0 fully saturated rings. The number of rotatable bonds is 13. The standard InChI is InChI=1S/C12H25IO3/c1-2-14-9-10-16-12-11-15-8-6-4-3-5-7-13/h2-12H2,1H3. The van der Waals surface area contributed by atoms with Crippen LogP contribution in [0.4, 0.5) is 0 Å². The van der Waals surface area contributed by atoms with Gasteiger partial charge in [0.1, 0.15) is 0 Å². The van der Waals surface area contributed by atoms with Gasteiger partial charge in [0.15, 0.2) is 0 Å². The van der Waals surface area contributed by atoms with Gasteiger partial charge in [-0.05, 0) is 24.2 Å². The molecule has 16 heavy (non-hydrogen) atoms. The Bertz CT molecular complexity index is 109. The fourth-order valence-corrected chi connectivity index (χ4v) is 1.78. The van der Waals surface area contributed by atoms with Crippen molar-refractivity contribution >= 4 is 22.6 Å². The van der Waals surface area contributed by atoms with Crippen LogP contribution in [0.15, 0.2) is 0 Å². The average molecular weight is 344 g/mol. The first-order valence-corrected chi connectivity index (χ1v) is 7.73. The maximum atomic E-state index is 5.45. The van der Waals surface area contributed by atoms with Gasteiger partial charge in [-0.25, -0.2) is 0 Å². The minimum absolute atomic E-state index is 0.673. The third-order valence-electron chi connectivity index (χ3n) is 2.12. The first kappa shape index (κ1) is 16.6. The van der Waals surface area contributed by atoms with E-state index in [9.17, 15) is 0 Å². The van der Waals surface area contributed by atoms with E-state index in [2.05, 4.69) is 22.6 Å². The molecule has 0 rings (SSSR count). The van der Waals surface area contributed by atoms with Crippen LogP contribution in [0.3, 0.4) is 0 Å². The Morgan fingerprint density at radius 3 is 1.88 bits per heavy atom. The van der Waals surface area contributed by atoms with Crippen molar-refractivity contribution in [3.63, 3.8) is 0 Å². The molecular weight excluding hydrogens is 319 g/mol. The summed E-state index contributed by atoms with van der Waals surface area (Å²) < 4.78 is 17.2. The minimum Gasteiger partial charge on any atom is -0.379 e. The molecule has 0 aromatic carbocycles. The van der Waals surface area contributed by atoms with Gasteiger partial charge in [0.2, 0.25) is 0 Å². The highest BCUT2D eigenvalue weighted by molar-refractivity contribution is 14.1. The summed E-state index contributed by atoms with van der Waals surface area (Å²) in [5.41, 5.74) is 0. The maximum Gasteiger partial charge on any atom is 0.0701 e. The molecule has 0 atom stereocenters. The Balaban J connectivity index is 2.83. The number of unbranched alkanes of at least 4 members (excludes halogenated alkanes) is 3. The van der Waals surface area contributed by atoms with Crippen molar-refractivity contribution in [1.29, 1.82) is 0 Å². The van der Waals surface area contributed by atoms with Gasteiger partial charge in [-0.15, -0.1) is 0 Å². The van der Waals surface area contributed by atoms with E-state index < -0.39 is 0 Å². The summed E-state index contributed by atoms with van der Waals surface area (Å²) in [5.74, 6) is 0. The number of ether oxygens (including phenoxy) is 3. The van der Waals surface area contributed by atoms with E-state index in [0.717, 1.165) is 13.2 Å². The van der Waals surface area contributed by atoms with E-state index in [1.54, 1.807) is 0 Å². The molecule has 3 nitrogen and oxygen atoms in total. The first-order chi connectivity index (χ1) is 7.91. The quantitative estimate of drug-likeness (QED) is 0.292. The Labute approximate surface area is 113 Å². The van der Waals surface area contributed by atoms with Gasteiger partial charge in [0.05, 0.1) is 26.4 Å². The van der Waals surface area contributed by atoms with Crippen LogP contribution in [-0.2, 0) is 14.2 Å². The van der Waals surface area contributed by atoms with E-state index in [-0.39, 0.29) is 0 Å². The molecule has 0 saturated carbocycles. The molecule has 0 aromatic rings. The van der Waals surface area contributed by atoms with Crippen LogP contribution < -0.4 is 0 Å². The number of hydrogen-bond donors (Lipinski definition) is 0. The van der Waals surface area contributed by atoms with E-state index in [1.165, 1.54) is 30.1 Å². The molecule has 0 heterocycles. The molecular formula is C12H25IO3. The van der Waals surface area contributed by atoms with Crippen molar-refractivity contribution in [2.45, 2.75) is 32.6 Å². The lowest BCUT2D eigenvalue weighted by Crippen LogP contribution is -2.09. The van der Waals surface area contributed by atoms with Gasteiger partial charge >= 0.3 is 0 Å². The smallest absolute Gasteiger partial charge is 0.0701 e. The van der Waals surface area contributed by atoms with Crippen molar-refractivity contribution in [1.82, 2.24) is 0 Å². The lowest BCUT2D eigenvalue weighted by Gasteiger charge is -2.05. The van der Waals surface area contributed by atoms with Crippen LogP contribution >= 0.6 is 22.6 Å². The molecule has 0 saturated heterocycles. The maximum absolute atomic E-state index is 5.45. The van der Waals surface area contributed by atoms with Crippen molar-refractivity contribution < 1.29 is 14.2 Å². The van der Waals surface area contributed by atoms with Crippen molar-refractivity contribution in [3.05, 3.63) is 0 Å². The van der Waals surface area contributed by atoms with Gasteiger partial charge in [-0.2, -0.15) is 0 Å². The molecule has 0 bridgehead atoms. The van der Waals surface area contributed by atoms with E-state index in [4.69, 9.17) is 14.2 Å². The van der Waals surface area contributed by atoms with Crippen molar-refractivity contribution in [2.24, 2.45) is 0 Å². The highest BCUT2D eigenvalue weighted by atomic mass is 127. The highest BCUT2D eigenvalue weighted by Crippen LogP contribution is 2.02. The van der Waals surface area contributed by atoms with Crippen LogP contribution in [0.5, 0.6) is 0 Å². The van der Waals surface area contributed by atoms with Crippen molar-refractivity contribution in [2.75, 3.05) is 44.1 Å². The topological polar surface area (TPSA) is 27.7 Å². The normalized spacial score (nSPS) is 10.9. The van der Waals surface area contributed by atoms with Crippen LogP contribution in [0.1, 0.15) is 32.6 Å². The summed E-state index contributed by atoms with van der Waals surface area (Å²) >= 11 is 2.42. The summed E-state index contributed by atoms with van der Waals surface area (Å²) in [5, 5.41) is 0. The largest absolute Gasteiger partial charge is 0.379 e. The van der Waals surface area contributed by atoms with Gasteiger partial charge in [-0.1, -0.05) is 35.4 Å². The second kappa shape index (κ2) is 15.6. The number of alkyl halides is 1. The monoisotopic (exact) mass is 344 g/mol. The molecule has 0 aliphatic carbocycles. The van der Waals surface area contributed by atoms with Gasteiger partial charge in [-0.3, -0.25) is 0 Å². The van der Waals surface area contributed by atoms with Crippen LogP contribution in [-0.4, -0.2) is 44.1 Å². The summed E-state index contributed by atoms with van der Waals surface area (Å²) in [7, 11) is 0. The zero-order valence-electron chi connectivity index (χ0n) is 10.4. The zero-order valence-corrected chi connectivity index (χ0v) is 12.5. The highest BCUT2D eigenvalue weighted by Gasteiger charge is 1.92. The molecule has 0 amide bonds. The molecule has 98 valence electrons. The molecule has 0 radical (unpaired) electrons. The second-order valence-electron chi connectivity index (χ2n) is 3.52. The summed E-state index contributed by atoms with van der Waals surface area (Å²) in [6, 6.07) is 0. The Hall–Kier alpha value is 0.610. The Kier molecular flexibility index (Phi) is 16.2. The summed E-state index contributed by atoms with van der Waals surface area (Å²) in [4.78, 5) is 0. The molecule has 0 spiro atoms. The third-order valence-corrected chi connectivity index (χ3v) is 2.88. The minimum atomic E-state index is 0.673. The first-order valence-electron chi connectivity index (χ1n) is 6.21. The summed E-state index contributed by atoms with van der Waals surface area (Å²) in [6.45, 7) is 6.37. The van der Waals surface area contributed by atoms with Gasteiger partial charge in [0, 0.05) is 13.2 Å². The zero-order chi connectivity index (χ0) is 11.9. The Morgan fingerprint density at radius 1 is 0.688 bits per heavy atom. The molecule has 0 aliphatic rings. The van der Waals surface area contributed by atoms with Gasteiger partial charge < -0.3 is 14.2 Å². The van der Waals surface area contributed by atoms with Crippen LogP contribution in [0, 0.1) is 0 Å². The average Bonchev–Trinajstić information content (AvgIpc) is 2.31. The molecule has 0 aliphatic heterocycles. The summed E-state index contributed by atoms with van der Waals surface area (Å²) in [6.07, 6.45) is 5.13. The SMILES string of the molecule is CCOCCOCCOCCCCCCI. The van der Waals surface area contributed by atoms with E-state index in [1.807, 2.05) is 6.92 Å². The van der Waals surface area contributed by atoms with Gasteiger partial charge in [0.25, 0.3) is 0 Å². The predicted octanol–water partition coefficient (Wildman–Crippen LogP) is 3.05. The predicted molar refractivity (Wildman–Crippen MR) is 75.5 cm³/mol. The Morgan fingerprint density at radius 2 is 1.25 bits per heavy atom. The number of halogens is 1.